The second-order valence-corrected chi connectivity index (χ2v) is 5.34. The van der Waals surface area contributed by atoms with Crippen LogP contribution in [-0.4, -0.2) is 33.9 Å². The van der Waals surface area contributed by atoms with Gasteiger partial charge in [-0.2, -0.15) is 0 Å². The summed E-state index contributed by atoms with van der Waals surface area (Å²) in [5, 5.41) is 3.27. The number of methoxy groups -OCH3 is 1. The number of nitrogens with one attached hydrogen (secondary N) is 1. The number of nitrogens with zero attached hydrogens (tertiary/aromatic N) is 1. The van der Waals surface area contributed by atoms with Crippen LogP contribution in [0, 0.1) is 11.7 Å². The standard InChI is InChI=1S/C16H27FN2O/c1-5-13(2)12-19(3)16-7-6-15(17)10-14(16)11-18-8-9-20-4/h6-7,10,13,18H,5,8-9,11-12H2,1-4H3. The molecule has 0 aromatic heterocycles. The fourth-order valence-corrected chi connectivity index (χ4v) is 2.16. The molecule has 3 nitrogen and oxygen atoms in total. The minimum absolute atomic E-state index is 0.186. The van der Waals surface area contributed by atoms with E-state index in [1.54, 1.807) is 13.2 Å². The predicted molar refractivity (Wildman–Crippen MR) is 82.7 cm³/mol. The number of ether oxygens (including phenoxy) is 1. The van der Waals surface area contributed by atoms with Gasteiger partial charge in [0.25, 0.3) is 0 Å². The summed E-state index contributed by atoms with van der Waals surface area (Å²) in [4.78, 5) is 2.21. The van der Waals surface area contributed by atoms with Crippen molar-refractivity contribution in [3.05, 3.63) is 29.6 Å². The average molecular weight is 282 g/mol. The van der Waals surface area contributed by atoms with Gasteiger partial charge >= 0.3 is 0 Å². The van der Waals surface area contributed by atoms with Gasteiger partial charge in [0, 0.05) is 39.5 Å². The van der Waals surface area contributed by atoms with Crippen molar-refractivity contribution in [2.75, 3.05) is 38.8 Å². The Morgan fingerprint density at radius 1 is 1.40 bits per heavy atom. The molecule has 114 valence electrons. The third kappa shape index (κ3) is 5.47. The molecule has 20 heavy (non-hydrogen) atoms. The van der Waals surface area contributed by atoms with Crippen molar-refractivity contribution < 1.29 is 9.13 Å². The highest BCUT2D eigenvalue weighted by atomic mass is 19.1. The van der Waals surface area contributed by atoms with E-state index in [9.17, 15) is 4.39 Å². The van der Waals surface area contributed by atoms with Gasteiger partial charge in [0.05, 0.1) is 6.61 Å². The van der Waals surface area contributed by atoms with Crippen LogP contribution < -0.4 is 10.2 Å². The molecule has 0 fully saturated rings. The second kappa shape index (κ2) is 8.93. The zero-order chi connectivity index (χ0) is 15.0. The van der Waals surface area contributed by atoms with Crippen LogP contribution in [0.4, 0.5) is 10.1 Å². The summed E-state index contributed by atoms with van der Waals surface area (Å²) in [6, 6.07) is 5.01. The van der Waals surface area contributed by atoms with Gasteiger partial charge in [-0.15, -0.1) is 0 Å². The molecule has 0 aliphatic carbocycles. The number of halogens is 1. The van der Waals surface area contributed by atoms with Crippen molar-refractivity contribution in [1.29, 1.82) is 0 Å². The summed E-state index contributed by atoms with van der Waals surface area (Å²) in [6.45, 7) is 7.48. The topological polar surface area (TPSA) is 24.5 Å². The molecule has 0 saturated heterocycles. The first-order chi connectivity index (χ1) is 9.58. The summed E-state index contributed by atoms with van der Waals surface area (Å²) in [6.07, 6.45) is 1.15. The van der Waals surface area contributed by atoms with Gasteiger partial charge in [0.1, 0.15) is 5.82 Å². The molecule has 1 rings (SSSR count). The lowest BCUT2D eigenvalue weighted by atomic mass is 10.1. The summed E-state index contributed by atoms with van der Waals surface area (Å²) >= 11 is 0. The Morgan fingerprint density at radius 2 is 2.15 bits per heavy atom. The molecule has 0 heterocycles. The zero-order valence-electron chi connectivity index (χ0n) is 13.1. The van der Waals surface area contributed by atoms with Gasteiger partial charge in [-0.1, -0.05) is 20.3 Å². The summed E-state index contributed by atoms with van der Waals surface area (Å²) in [7, 11) is 3.74. The van der Waals surface area contributed by atoms with E-state index in [0.717, 1.165) is 30.8 Å². The number of benzene rings is 1. The molecule has 1 aromatic carbocycles. The van der Waals surface area contributed by atoms with Crippen molar-refractivity contribution >= 4 is 5.69 Å². The normalized spacial score (nSPS) is 12.4. The molecule has 0 radical (unpaired) electrons. The number of hydrogen-bond donors (Lipinski definition) is 1. The van der Waals surface area contributed by atoms with Crippen LogP contribution >= 0.6 is 0 Å². The average Bonchev–Trinajstić information content (AvgIpc) is 2.43. The van der Waals surface area contributed by atoms with Crippen molar-refractivity contribution in [3.8, 4) is 0 Å². The molecule has 0 aliphatic heterocycles. The van der Waals surface area contributed by atoms with Crippen LogP contribution in [0.15, 0.2) is 18.2 Å². The van der Waals surface area contributed by atoms with E-state index >= 15 is 0 Å². The summed E-state index contributed by atoms with van der Waals surface area (Å²) in [5.41, 5.74) is 2.09. The Labute approximate surface area is 122 Å². The molecule has 0 amide bonds. The fourth-order valence-electron chi connectivity index (χ4n) is 2.16. The number of anilines is 1. The van der Waals surface area contributed by atoms with E-state index in [1.807, 2.05) is 6.07 Å². The minimum Gasteiger partial charge on any atom is -0.383 e. The molecular weight excluding hydrogens is 255 g/mol. The van der Waals surface area contributed by atoms with Crippen LogP contribution in [0.5, 0.6) is 0 Å². The Hall–Kier alpha value is -1.13. The minimum atomic E-state index is -0.186. The molecule has 0 spiro atoms. The Bertz CT molecular complexity index is 398. The number of rotatable bonds is 9. The van der Waals surface area contributed by atoms with Gasteiger partial charge in [0.2, 0.25) is 0 Å². The van der Waals surface area contributed by atoms with E-state index in [-0.39, 0.29) is 5.82 Å². The van der Waals surface area contributed by atoms with Gasteiger partial charge in [-0.05, 0) is 29.7 Å². The lowest BCUT2D eigenvalue weighted by Crippen LogP contribution is -2.26. The highest BCUT2D eigenvalue weighted by molar-refractivity contribution is 5.53. The molecule has 0 aliphatic rings. The highest BCUT2D eigenvalue weighted by Crippen LogP contribution is 2.22. The first-order valence-electron chi connectivity index (χ1n) is 7.27. The zero-order valence-corrected chi connectivity index (χ0v) is 13.1. The van der Waals surface area contributed by atoms with Crippen LogP contribution in [0.25, 0.3) is 0 Å². The van der Waals surface area contributed by atoms with Gasteiger partial charge in [-0.25, -0.2) is 4.39 Å². The lowest BCUT2D eigenvalue weighted by Gasteiger charge is -2.25. The Kier molecular flexibility index (Phi) is 7.55. The smallest absolute Gasteiger partial charge is 0.123 e. The van der Waals surface area contributed by atoms with E-state index in [1.165, 1.54) is 6.07 Å². The maximum atomic E-state index is 13.4. The van der Waals surface area contributed by atoms with Gasteiger partial charge in [-0.3, -0.25) is 0 Å². The second-order valence-electron chi connectivity index (χ2n) is 5.34. The van der Waals surface area contributed by atoms with Crippen molar-refractivity contribution in [1.82, 2.24) is 5.32 Å². The van der Waals surface area contributed by atoms with Crippen LogP contribution in [0.3, 0.4) is 0 Å². The van der Waals surface area contributed by atoms with E-state index in [4.69, 9.17) is 4.74 Å². The van der Waals surface area contributed by atoms with Crippen molar-refractivity contribution in [2.24, 2.45) is 5.92 Å². The molecule has 4 heteroatoms. The van der Waals surface area contributed by atoms with Crippen LogP contribution in [-0.2, 0) is 11.3 Å². The summed E-state index contributed by atoms with van der Waals surface area (Å²) in [5.74, 6) is 0.439. The molecule has 1 N–H and O–H groups in total. The largest absolute Gasteiger partial charge is 0.383 e. The first kappa shape index (κ1) is 16.9. The maximum Gasteiger partial charge on any atom is 0.123 e. The Balaban J connectivity index is 2.73. The molecule has 1 atom stereocenters. The van der Waals surface area contributed by atoms with E-state index in [2.05, 4.69) is 31.1 Å². The fraction of sp³-hybridized carbons (Fsp3) is 0.625. The Morgan fingerprint density at radius 3 is 2.80 bits per heavy atom. The monoisotopic (exact) mass is 282 g/mol. The van der Waals surface area contributed by atoms with Crippen LogP contribution in [0.2, 0.25) is 0 Å². The molecular formula is C16H27FN2O. The van der Waals surface area contributed by atoms with E-state index < -0.39 is 0 Å². The lowest BCUT2D eigenvalue weighted by molar-refractivity contribution is 0.199. The van der Waals surface area contributed by atoms with Crippen LogP contribution in [0.1, 0.15) is 25.8 Å². The van der Waals surface area contributed by atoms with Crippen molar-refractivity contribution in [2.45, 2.75) is 26.8 Å². The van der Waals surface area contributed by atoms with Gasteiger partial charge < -0.3 is 15.0 Å². The third-order valence-corrected chi connectivity index (χ3v) is 3.53. The maximum absolute atomic E-state index is 13.4. The first-order valence-corrected chi connectivity index (χ1v) is 7.27. The SMILES string of the molecule is CCC(C)CN(C)c1ccc(F)cc1CNCCOC. The molecule has 1 aromatic rings. The quantitative estimate of drug-likeness (QED) is 0.705. The van der Waals surface area contributed by atoms with Crippen molar-refractivity contribution in [3.63, 3.8) is 0 Å². The molecule has 1 unspecified atom stereocenters. The molecule has 0 saturated carbocycles. The molecule has 0 bridgehead atoms. The number of hydrogen-bond acceptors (Lipinski definition) is 3. The highest BCUT2D eigenvalue weighted by Gasteiger charge is 2.11. The summed E-state index contributed by atoms with van der Waals surface area (Å²) < 4.78 is 18.4. The van der Waals surface area contributed by atoms with Gasteiger partial charge in [0.15, 0.2) is 0 Å². The third-order valence-electron chi connectivity index (χ3n) is 3.53. The van der Waals surface area contributed by atoms with E-state index in [0.29, 0.717) is 19.1 Å². The predicted octanol–water partition coefficient (Wildman–Crippen LogP) is 3.04.